The maximum atomic E-state index is 4.36. The molecule has 2 aromatic rings. The number of imidazole rings is 1. The molecule has 2 aromatic heterocycles. The van der Waals surface area contributed by atoms with Gasteiger partial charge in [0, 0.05) is 18.4 Å². The third-order valence-electron chi connectivity index (χ3n) is 2.93. The third-order valence-corrected chi connectivity index (χ3v) is 3.84. The van der Waals surface area contributed by atoms with Crippen molar-refractivity contribution < 1.29 is 0 Å². The topological polar surface area (TPSA) is 29.9 Å². The second-order valence-electron chi connectivity index (χ2n) is 4.38. The smallest absolute Gasteiger partial charge is 0.203 e. The second-order valence-corrected chi connectivity index (χ2v) is 5.12. The van der Waals surface area contributed by atoms with Crippen LogP contribution in [0.3, 0.4) is 0 Å². The first-order valence-electron chi connectivity index (χ1n) is 5.62. The van der Waals surface area contributed by atoms with Crippen LogP contribution < -0.4 is 5.32 Å². The van der Waals surface area contributed by atoms with E-state index in [2.05, 4.69) is 32.6 Å². The Hall–Kier alpha value is -1.29. The van der Waals surface area contributed by atoms with Gasteiger partial charge < -0.3 is 9.88 Å². The molecule has 1 aliphatic rings. The van der Waals surface area contributed by atoms with Crippen molar-refractivity contribution >= 4 is 17.3 Å². The Balaban J connectivity index is 1.78. The summed E-state index contributed by atoms with van der Waals surface area (Å²) in [6.07, 6.45) is 6.48. The maximum absolute atomic E-state index is 4.36. The number of rotatable bonds is 4. The van der Waals surface area contributed by atoms with Gasteiger partial charge in [0.1, 0.15) is 0 Å². The van der Waals surface area contributed by atoms with E-state index in [1.807, 2.05) is 12.4 Å². The number of hydrogen-bond donors (Lipinski definition) is 1. The Bertz CT molecular complexity index is 482. The third kappa shape index (κ3) is 1.97. The molecule has 4 heteroatoms. The van der Waals surface area contributed by atoms with Gasteiger partial charge in [0.25, 0.3) is 0 Å². The van der Waals surface area contributed by atoms with Crippen molar-refractivity contribution in [2.45, 2.75) is 32.4 Å². The molecule has 0 bridgehead atoms. The van der Waals surface area contributed by atoms with Crippen LogP contribution in [0.4, 0.5) is 5.95 Å². The van der Waals surface area contributed by atoms with Gasteiger partial charge in [-0.15, -0.1) is 0 Å². The minimum atomic E-state index is 0.657. The van der Waals surface area contributed by atoms with Crippen LogP contribution >= 0.6 is 11.3 Å². The van der Waals surface area contributed by atoms with Crippen LogP contribution in [0, 0.1) is 6.92 Å². The van der Waals surface area contributed by atoms with Crippen LogP contribution in [0.25, 0.3) is 0 Å². The van der Waals surface area contributed by atoms with Crippen molar-refractivity contribution in [3.8, 4) is 0 Å². The van der Waals surface area contributed by atoms with E-state index < -0.39 is 0 Å². The van der Waals surface area contributed by atoms with Crippen molar-refractivity contribution in [2.24, 2.45) is 0 Å². The van der Waals surface area contributed by atoms with Crippen molar-refractivity contribution in [2.75, 3.05) is 5.32 Å². The lowest BCUT2D eigenvalue weighted by molar-refractivity contribution is 0.795. The number of aromatic nitrogens is 2. The summed E-state index contributed by atoms with van der Waals surface area (Å²) in [5, 5.41) is 7.86. The van der Waals surface area contributed by atoms with Crippen LogP contribution in [0.15, 0.2) is 23.2 Å². The Morgan fingerprint density at radius 2 is 2.38 bits per heavy atom. The Morgan fingerprint density at radius 3 is 3.06 bits per heavy atom. The molecule has 0 atom stereocenters. The summed E-state index contributed by atoms with van der Waals surface area (Å²) in [7, 11) is 0. The zero-order valence-electron chi connectivity index (χ0n) is 9.31. The van der Waals surface area contributed by atoms with Crippen molar-refractivity contribution in [1.82, 2.24) is 9.55 Å². The summed E-state index contributed by atoms with van der Waals surface area (Å²) in [6.45, 7) is 3.08. The van der Waals surface area contributed by atoms with Gasteiger partial charge in [-0.05, 0) is 41.7 Å². The molecule has 1 N–H and O–H groups in total. The van der Waals surface area contributed by atoms with Gasteiger partial charge in [0.2, 0.25) is 5.95 Å². The summed E-state index contributed by atoms with van der Waals surface area (Å²) >= 11 is 1.77. The van der Waals surface area contributed by atoms with Crippen molar-refractivity contribution in [3.63, 3.8) is 0 Å². The van der Waals surface area contributed by atoms with Crippen LogP contribution in [0.5, 0.6) is 0 Å². The van der Waals surface area contributed by atoms with E-state index in [1.165, 1.54) is 24.0 Å². The molecule has 3 rings (SSSR count). The van der Waals surface area contributed by atoms with Gasteiger partial charge in [-0.3, -0.25) is 0 Å². The van der Waals surface area contributed by atoms with E-state index in [4.69, 9.17) is 0 Å². The number of thiophene rings is 1. The molecular weight excluding hydrogens is 218 g/mol. The monoisotopic (exact) mass is 233 g/mol. The van der Waals surface area contributed by atoms with Gasteiger partial charge in [0.05, 0.1) is 6.54 Å². The molecule has 0 radical (unpaired) electrons. The zero-order valence-corrected chi connectivity index (χ0v) is 10.1. The molecule has 1 fully saturated rings. The lowest BCUT2D eigenvalue weighted by Crippen LogP contribution is -2.09. The van der Waals surface area contributed by atoms with Crippen LogP contribution in [0.2, 0.25) is 0 Å². The number of nitrogens with one attached hydrogen (secondary N) is 1. The van der Waals surface area contributed by atoms with Crippen LogP contribution in [-0.4, -0.2) is 15.6 Å². The van der Waals surface area contributed by atoms with E-state index in [0.717, 1.165) is 12.5 Å². The standard InChI is InChI=1S/C12H15N3S/c1-9-7-16-8-10(9)6-15-5-4-13-12(15)14-11-2-3-11/h4-5,7-8,11H,2-3,6H2,1H3,(H,13,14). The molecule has 0 aromatic carbocycles. The second kappa shape index (κ2) is 3.94. The fraction of sp³-hybridized carbons (Fsp3) is 0.417. The number of anilines is 1. The molecule has 3 nitrogen and oxygen atoms in total. The fourth-order valence-electron chi connectivity index (χ4n) is 1.72. The minimum Gasteiger partial charge on any atom is -0.353 e. The molecule has 0 amide bonds. The molecule has 0 saturated heterocycles. The largest absolute Gasteiger partial charge is 0.353 e. The van der Waals surface area contributed by atoms with E-state index >= 15 is 0 Å². The lowest BCUT2D eigenvalue weighted by atomic mass is 10.2. The SMILES string of the molecule is Cc1cscc1Cn1ccnc1NC1CC1. The highest BCUT2D eigenvalue weighted by Gasteiger charge is 2.22. The number of nitrogens with zero attached hydrogens (tertiary/aromatic N) is 2. The summed E-state index contributed by atoms with van der Waals surface area (Å²) in [5.74, 6) is 1.01. The molecule has 1 aliphatic carbocycles. The average molecular weight is 233 g/mol. The van der Waals surface area contributed by atoms with Crippen molar-refractivity contribution in [1.29, 1.82) is 0 Å². The lowest BCUT2D eigenvalue weighted by Gasteiger charge is -2.08. The quantitative estimate of drug-likeness (QED) is 0.880. The Morgan fingerprint density at radius 1 is 1.50 bits per heavy atom. The summed E-state index contributed by atoms with van der Waals surface area (Å²) in [6, 6.07) is 0.657. The van der Waals surface area contributed by atoms with E-state index in [9.17, 15) is 0 Å². The van der Waals surface area contributed by atoms with Gasteiger partial charge in [-0.25, -0.2) is 4.98 Å². The summed E-state index contributed by atoms with van der Waals surface area (Å²) < 4.78 is 2.19. The van der Waals surface area contributed by atoms with Crippen molar-refractivity contribution in [3.05, 3.63) is 34.3 Å². The van der Waals surface area contributed by atoms with Gasteiger partial charge in [-0.1, -0.05) is 0 Å². The number of hydrogen-bond acceptors (Lipinski definition) is 3. The summed E-state index contributed by atoms with van der Waals surface area (Å²) in [4.78, 5) is 4.36. The first-order valence-corrected chi connectivity index (χ1v) is 6.56. The van der Waals surface area contributed by atoms with E-state index in [1.54, 1.807) is 11.3 Å². The molecule has 0 unspecified atom stereocenters. The first-order chi connectivity index (χ1) is 7.83. The van der Waals surface area contributed by atoms with Gasteiger partial charge in [0.15, 0.2) is 0 Å². The molecular formula is C12H15N3S. The van der Waals surface area contributed by atoms with E-state index in [0.29, 0.717) is 6.04 Å². The predicted octanol–water partition coefficient (Wildman–Crippen LogP) is 2.88. The molecule has 84 valence electrons. The molecule has 16 heavy (non-hydrogen) atoms. The fourth-order valence-corrected chi connectivity index (χ4v) is 2.57. The highest BCUT2D eigenvalue weighted by Crippen LogP contribution is 2.24. The Labute approximate surface area is 99.1 Å². The zero-order chi connectivity index (χ0) is 11.0. The summed E-state index contributed by atoms with van der Waals surface area (Å²) in [5.41, 5.74) is 2.76. The van der Waals surface area contributed by atoms with E-state index in [-0.39, 0.29) is 0 Å². The maximum Gasteiger partial charge on any atom is 0.203 e. The van der Waals surface area contributed by atoms with Gasteiger partial charge >= 0.3 is 0 Å². The normalized spacial score (nSPS) is 15.3. The molecule has 0 aliphatic heterocycles. The molecule has 0 spiro atoms. The van der Waals surface area contributed by atoms with Crippen LogP contribution in [-0.2, 0) is 6.54 Å². The highest BCUT2D eigenvalue weighted by atomic mass is 32.1. The molecule has 1 saturated carbocycles. The molecule has 2 heterocycles. The number of aryl methyl sites for hydroxylation is 1. The first kappa shape index (κ1) is 9.90. The van der Waals surface area contributed by atoms with Gasteiger partial charge in [-0.2, -0.15) is 11.3 Å². The Kier molecular flexibility index (Phi) is 2.44. The van der Waals surface area contributed by atoms with Crippen LogP contribution in [0.1, 0.15) is 24.0 Å². The highest BCUT2D eigenvalue weighted by molar-refractivity contribution is 7.08. The average Bonchev–Trinajstić information content (AvgIpc) is 2.84. The predicted molar refractivity (Wildman–Crippen MR) is 67.0 cm³/mol. The minimum absolute atomic E-state index is 0.657.